The number of nitrogens with one attached hydrogen (secondary N) is 2. The Hall–Kier alpha value is -0.930. The van der Waals surface area contributed by atoms with Gasteiger partial charge in [0.25, 0.3) is 0 Å². The van der Waals surface area contributed by atoms with E-state index in [9.17, 15) is 18.5 Å². The Morgan fingerprint density at radius 1 is 1.29 bits per heavy atom. The monoisotopic (exact) mass is 355 g/mol. The van der Waals surface area contributed by atoms with E-state index in [-0.39, 0.29) is 16.5 Å². The standard InChI is InChI=1S/C11H15Cl2N3O4S/c1-2-14-6-3-7-15-21(19,20)9-5-4-8(12)11(10(9)13)16(17)18/h4-5,14-15H,2-3,6-7H2,1H3. The quantitative estimate of drug-likeness (QED) is 0.422. The van der Waals surface area contributed by atoms with Crippen LogP contribution in [0.2, 0.25) is 10.0 Å². The van der Waals surface area contributed by atoms with Crippen LogP contribution in [0, 0.1) is 10.1 Å². The summed E-state index contributed by atoms with van der Waals surface area (Å²) in [5.74, 6) is 0. The van der Waals surface area contributed by atoms with Gasteiger partial charge in [0, 0.05) is 6.54 Å². The molecule has 0 aromatic heterocycles. The van der Waals surface area contributed by atoms with Gasteiger partial charge >= 0.3 is 5.69 Å². The average molecular weight is 356 g/mol. The maximum atomic E-state index is 12.1. The number of hydrogen-bond donors (Lipinski definition) is 2. The van der Waals surface area contributed by atoms with Gasteiger partial charge in [-0.05, 0) is 31.6 Å². The lowest BCUT2D eigenvalue weighted by Crippen LogP contribution is -2.27. The molecule has 0 aliphatic carbocycles. The first kappa shape index (κ1) is 18.1. The van der Waals surface area contributed by atoms with Crippen LogP contribution < -0.4 is 10.0 Å². The van der Waals surface area contributed by atoms with E-state index in [4.69, 9.17) is 23.2 Å². The van der Waals surface area contributed by atoms with Crippen molar-refractivity contribution in [3.63, 3.8) is 0 Å². The zero-order valence-corrected chi connectivity index (χ0v) is 13.6. The number of nitrogens with zero attached hydrogens (tertiary/aromatic N) is 1. The van der Waals surface area contributed by atoms with Gasteiger partial charge in [-0.2, -0.15) is 0 Å². The summed E-state index contributed by atoms with van der Waals surface area (Å²) >= 11 is 11.5. The molecule has 0 fully saturated rings. The number of halogens is 2. The van der Waals surface area contributed by atoms with Gasteiger partial charge < -0.3 is 5.32 Å². The molecule has 0 aliphatic heterocycles. The molecule has 118 valence electrons. The smallest absolute Gasteiger partial charge is 0.307 e. The minimum Gasteiger partial charge on any atom is -0.317 e. The minimum absolute atomic E-state index is 0.197. The molecule has 2 N–H and O–H groups in total. The van der Waals surface area contributed by atoms with Crippen molar-refractivity contribution >= 4 is 38.9 Å². The number of rotatable bonds is 8. The van der Waals surface area contributed by atoms with E-state index in [1.807, 2.05) is 6.92 Å². The molecule has 1 aromatic rings. The van der Waals surface area contributed by atoms with Crippen molar-refractivity contribution in [3.05, 3.63) is 32.3 Å². The number of benzene rings is 1. The summed E-state index contributed by atoms with van der Waals surface area (Å²) in [4.78, 5) is 9.70. The average Bonchev–Trinajstić information content (AvgIpc) is 2.37. The van der Waals surface area contributed by atoms with Crippen molar-refractivity contribution in [3.8, 4) is 0 Å². The fourth-order valence-corrected chi connectivity index (χ4v) is 3.53. The Balaban J connectivity index is 2.94. The molecule has 21 heavy (non-hydrogen) atoms. The molecule has 1 aromatic carbocycles. The molecule has 10 heteroatoms. The second kappa shape index (κ2) is 7.90. The Bertz CT molecular complexity index is 622. The second-order valence-corrected chi connectivity index (χ2v) is 6.59. The highest BCUT2D eigenvalue weighted by Gasteiger charge is 2.27. The van der Waals surface area contributed by atoms with E-state index < -0.39 is 25.7 Å². The molecule has 0 saturated carbocycles. The zero-order valence-electron chi connectivity index (χ0n) is 11.2. The summed E-state index contributed by atoms with van der Waals surface area (Å²) < 4.78 is 26.5. The van der Waals surface area contributed by atoms with Gasteiger partial charge in [0.15, 0.2) is 0 Å². The fraction of sp³-hybridized carbons (Fsp3) is 0.455. The van der Waals surface area contributed by atoms with Crippen molar-refractivity contribution in [1.29, 1.82) is 0 Å². The van der Waals surface area contributed by atoms with Crippen LogP contribution >= 0.6 is 23.2 Å². The molecular weight excluding hydrogens is 341 g/mol. The molecule has 1 rings (SSSR count). The van der Waals surface area contributed by atoms with Crippen LogP contribution in [0.4, 0.5) is 5.69 Å². The fourth-order valence-electron chi connectivity index (χ4n) is 1.57. The lowest BCUT2D eigenvalue weighted by molar-refractivity contribution is -0.384. The summed E-state index contributed by atoms with van der Waals surface area (Å²) in [6, 6.07) is 2.28. The molecule has 0 atom stereocenters. The van der Waals surface area contributed by atoms with E-state index in [1.54, 1.807) is 0 Å². The highest BCUT2D eigenvalue weighted by Crippen LogP contribution is 2.36. The summed E-state index contributed by atoms with van der Waals surface area (Å²) in [5.41, 5.74) is -0.617. The number of sulfonamides is 1. The maximum Gasteiger partial charge on any atom is 0.307 e. The Morgan fingerprint density at radius 3 is 2.52 bits per heavy atom. The van der Waals surface area contributed by atoms with Gasteiger partial charge in [-0.25, -0.2) is 13.1 Å². The van der Waals surface area contributed by atoms with Gasteiger partial charge in [0.1, 0.15) is 14.9 Å². The second-order valence-electron chi connectivity index (χ2n) is 4.07. The highest BCUT2D eigenvalue weighted by molar-refractivity contribution is 7.89. The lowest BCUT2D eigenvalue weighted by atomic mass is 10.3. The third kappa shape index (κ3) is 4.79. The molecular formula is C11H15Cl2N3O4S. The first-order valence-electron chi connectivity index (χ1n) is 6.14. The molecule has 0 unspecified atom stereocenters. The van der Waals surface area contributed by atoms with Gasteiger partial charge in [-0.15, -0.1) is 0 Å². The molecule has 0 bridgehead atoms. The van der Waals surface area contributed by atoms with Gasteiger partial charge in [-0.3, -0.25) is 10.1 Å². The largest absolute Gasteiger partial charge is 0.317 e. The zero-order chi connectivity index (χ0) is 16.0. The summed E-state index contributed by atoms with van der Waals surface area (Å²) in [7, 11) is -3.92. The van der Waals surface area contributed by atoms with Gasteiger partial charge in [-0.1, -0.05) is 30.1 Å². The van der Waals surface area contributed by atoms with E-state index in [2.05, 4.69) is 10.0 Å². The Morgan fingerprint density at radius 2 is 1.95 bits per heavy atom. The van der Waals surface area contributed by atoms with Crippen LogP contribution in [0.3, 0.4) is 0 Å². The third-order valence-electron chi connectivity index (χ3n) is 2.58. The molecule has 0 heterocycles. The first-order chi connectivity index (χ1) is 9.81. The van der Waals surface area contributed by atoms with Crippen molar-refractivity contribution < 1.29 is 13.3 Å². The number of hydrogen-bond acceptors (Lipinski definition) is 5. The normalized spacial score (nSPS) is 11.6. The molecule has 7 nitrogen and oxygen atoms in total. The van der Waals surface area contributed by atoms with Gasteiger partial charge in [0.05, 0.1) is 4.92 Å². The molecule has 0 saturated heterocycles. The topological polar surface area (TPSA) is 101 Å². The number of nitro benzene ring substituents is 1. The van der Waals surface area contributed by atoms with Crippen LogP contribution in [-0.4, -0.2) is 33.0 Å². The summed E-state index contributed by atoms with van der Waals surface area (Å²) in [6.07, 6.45) is 0.584. The predicted molar refractivity (Wildman–Crippen MR) is 81.5 cm³/mol. The molecule has 0 spiro atoms. The summed E-state index contributed by atoms with van der Waals surface area (Å²) in [5, 5.41) is 13.2. The highest BCUT2D eigenvalue weighted by atomic mass is 35.5. The van der Waals surface area contributed by atoms with Crippen LogP contribution in [0.15, 0.2) is 17.0 Å². The van der Waals surface area contributed by atoms with E-state index in [0.29, 0.717) is 13.0 Å². The van der Waals surface area contributed by atoms with Crippen LogP contribution in [-0.2, 0) is 10.0 Å². The van der Waals surface area contributed by atoms with E-state index >= 15 is 0 Å². The molecule has 0 aliphatic rings. The minimum atomic E-state index is -3.92. The predicted octanol–water partition coefficient (Wildman–Crippen LogP) is 2.18. The van der Waals surface area contributed by atoms with Crippen molar-refractivity contribution in [2.75, 3.05) is 19.6 Å². The van der Waals surface area contributed by atoms with Crippen LogP contribution in [0.25, 0.3) is 0 Å². The van der Waals surface area contributed by atoms with E-state index in [1.165, 1.54) is 0 Å². The maximum absolute atomic E-state index is 12.1. The van der Waals surface area contributed by atoms with Crippen LogP contribution in [0.1, 0.15) is 13.3 Å². The lowest BCUT2D eigenvalue weighted by Gasteiger charge is -2.09. The third-order valence-corrected chi connectivity index (χ3v) is 4.88. The Kier molecular flexibility index (Phi) is 6.82. The first-order valence-corrected chi connectivity index (χ1v) is 8.38. The summed E-state index contributed by atoms with van der Waals surface area (Å²) in [6.45, 7) is 3.59. The van der Waals surface area contributed by atoms with Crippen molar-refractivity contribution in [2.45, 2.75) is 18.2 Å². The Labute approximate surface area is 132 Å². The SMILES string of the molecule is CCNCCCNS(=O)(=O)c1ccc(Cl)c([N+](=O)[O-])c1Cl. The van der Waals surface area contributed by atoms with E-state index in [0.717, 1.165) is 18.7 Å². The molecule has 0 radical (unpaired) electrons. The molecule has 0 amide bonds. The van der Waals surface area contributed by atoms with Crippen molar-refractivity contribution in [1.82, 2.24) is 10.0 Å². The van der Waals surface area contributed by atoms with Crippen LogP contribution in [0.5, 0.6) is 0 Å². The van der Waals surface area contributed by atoms with Crippen molar-refractivity contribution in [2.24, 2.45) is 0 Å². The number of nitro groups is 1. The van der Waals surface area contributed by atoms with Gasteiger partial charge in [0.2, 0.25) is 10.0 Å².